The number of carbonyl (C=O) groups is 1. The minimum atomic E-state index is -0.722. The van der Waals surface area contributed by atoms with Crippen LogP contribution in [0.1, 0.15) is 17.5 Å². The first kappa shape index (κ1) is 6.01. The van der Waals surface area contributed by atoms with Crippen LogP contribution in [0.3, 0.4) is 0 Å². The van der Waals surface area contributed by atoms with Crippen molar-refractivity contribution in [2.24, 2.45) is 0 Å². The molecule has 48 valence electrons. The fraction of sp³-hybridized carbons (Fsp3) is 0.167. The molecule has 3 heteroatoms. The van der Waals surface area contributed by atoms with Crippen LogP contribution in [0.2, 0.25) is 0 Å². The summed E-state index contributed by atoms with van der Waals surface area (Å²) >= 11 is 0. The SMILES string of the molecule is CC(=O)c1ccc(F)o1. The summed E-state index contributed by atoms with van der Waals surface area (Å²) in [4.78, 5) is 10.4. The van der Waals surface area contributed by atoms with Crippen LogP contribution in [0.15, 0.2) is 16.5 Å². The average Bonchev–Trinajstić information content (AvgIpc) is 2.14. The van der Waals surface area contributed by atoms with Crippen LogP contribution in [0, 0.1) is 6.01 Å². The minimum Gasteiger partial charge on any atom is -0.428 e. The number of carbonyl (C=O) groups excluding carboxylic acids is 1. The first-order chi connectivity index (χ1) is 4.20. The van der Waals surface area contributed by atoms with Crippen LogP contribution >= 0.6 is 0 Å². The molecule has 0 N–H and O–H groups in total. The molecule has 0 saturated carbocycles. The fourth-order valence-corrected chi connectivity index (χ4v) is 0.504. The largest absolute Gasteiger partial charge is 0.428 e. The molecule has 0 atom stereocenters. The smallest absolute Gasteiger partial charge is 0.278 e. The zero-order chi connectivity index (χ0) is 6.85. The Balaban J connectivity index is 2.98. The van der Waals surface area contributed by atoms with E-state index < -0.39 is 6.01 Å². The molecule has 1 rings (SSSR count). The maximum absolute atomic E-state index is 12.0. The molecular weight excluding hydrogens is 123 g/mol. The molecule has 0 amide bonds. The maximum atomic E-state index is 12.0. The molecule has 0 unspecified atom stereocenters. The Labute approximate surface area is 51.3 Å². The Bertz CT molecular complexity index is 227. The Morgan fingerprint density at radius 1 is 1.67 bits per heavy atom. The van der Waals surface area contributed by atoms with E-state index in [9.17, 15) is 9.18 Å². The number of rotatable bonds is 1. The molecule has 0 fully saturated rings. The summed E-state index contributed by atoms with van der Waals surface area (Å²) in [6.45, 7) is 1.32. The van der Waals surface area contributed by atoms with E-state index in [1.54, 1.807) is 0 Å². The highest BCUT2D eigenvalue weighted by atomic mass is 19.1. The first-order valence-corrected chi connectivity index (χ1v) is 2.46. The predicted molar refractivity (Wildman–Crippen MR) is 28.7 cm³/mol. The summed E-state index contributed by atoms with van der Waals surface area (Å²) in [6.07, 6.45) is 0. The van der Waals surface area contributed by atoms with Gasteiger partial charge in [0.05, 0.1) is 0 Å². The van der Waals surface area contributed by atoms with E-state index in [0.717, 1.165) is 6.07 Å². The summed E-state index contributed by atoms with van der Waals surface area (Å²) in [7, 11) is 0. The third-order valence-corrected chi connectivity index (χ3v) is 0.920. The summed E-state index contributed by atoms with van der Waals surface area (Å²) in [5.41, 5.74) is 0. The molecule has 1 aromatic heterocycles. The molecular formula is C6H5FO2. The Hall–Kier alpha value is -1.12. The Kier molecular flexibility index (Phi) is 1.34. The van der Waals surface area contributed by atoms with E-state index in [4.69, 9.17) is 0 Å². The molecule has 9 heavy (non-hydrogen) atoms. The zero-order valence-electron chi connectivity index (χ0n) is 4.85. The van der Waals surface area contributed by atoms with Gasteiger partial charge in [-0.1, -0.05) is 0 Å². The van der Waals surface area contributed by atoms with E-state index in [2.05, 4.69) is 4.42 Å². The number of Topliss-reactive ketones (excluding diaryl/α,β-unsaturated/α-hetero) is 1. The topological polar surface area (TPSA) is 30.2 Å². The van der Waals surface area contributed by atoms with Crippen molar-refractivity contribution >= 4 is 5.78 Å². The minimum absolute atomic E-state index is 0.0625. The quantitative estimate of drug-likeness (QED) is 0.538. The lowest BCUT2D eigenvalue weighted by Gasteiger charge is -1.81. The van der Waals surface area contributed by atoms with Crippen LogP contribution in [-0.2, 0) is 0 Å². The van der Waals surface area contributed by atoms with Crippen molar-refractivity contribution < 1.29 is 13.6 Å². The highest BCUT2D eigenvalue weighted by Gasteiger charge is 2.03. The summed E-state index contributed by atoms with van der Waals surface area (Å²) in [6, 6.07) is 1.69. The second-order valence-corrected chi connectivity index (χ2v) is 1.66. The van der Waals surface area contributed by atoms with E-state index >= 15 is 0 Å². The van der Waals surface area contributed by atoms with Gasteiger partial charge in [0.2, 0.25) is 0 Å². The second-order valence-electron chi connectivity index (χ2n) is 1.66. The zero-order valence-corrected chi connectivity index (χ0v) is 4.85. The van der Waals surface area contributed by atoms with E-state index in [1.165, 1.54) is 13.0 Å². The standard InChI is InChI=1S/C6H5FO2/c1-4(8)5-2-3-6(7)9-5/h2-3H,1H3. The molecule has 0 aliphatic heterocycles. The molecule has 0 aliphatic rings. The van der Waals surface area contributed by atoms with Gasteiger partial charge in [-0.2, -0.15) is 4.39 Å². The normalized spacial score (nSPS) is 9.56. The lowest BCUT2D eigenvalue weighted by molar-refractivity contribution is 0.0979. The number of halogens is 1. The van der Waals surface area contributed by atoms with Gasteiger partial charge >= 0.3 is 0 Å². The summed E-state index contributed by atoms with van der Waals surface area (Å²) < 4.78 is 16.3. The van der Waals surface area contributed by atoms with Crippen molar-refractivity contribution in [2.45, 2.75) is 6.92 Å². The van der Waals surface area contributed by atoms with Crippen molar-refractivity contribution in [3.05, 3.63) is 23.9 Å². The summed E-state index contributed by atoms with van der Waals surface area (Å²) in [5.74, 6) is -0.202. The van der Waals surface area contributed by atoms with E-state index in [0.29, 0.717) is 0 Å². The maximum Gasteiger partial charge on any atom is 0.278 e. The molecule has 0 radical (unpaired) electrons. The number of hydrogen-bond donors (Lipinski definition) is 0. The van der Waals surface area contributed by atoms with Gasteiger partial charge in [0, 0.05) is 13.0 Å². The van der Waals surface area contributed by atoms with Gasteiger partial charge in [-0.25, -0.2) is 0 Å². The van der Waals surface area contributed by atoms with Crippen molar-refractivity contribution in [1.82, 2.24) is 0 Å². The molecule has 0 aromatic carbocycles. The van der Waals surface area contributed by atoms with Gasteiger partial charge < -0.3 is 4.42 Å². The Morgan fingerprint density at radius 2 is 2.33 bits per heavy atom. The highest BCUT2D eigenvalue weighted by molar-refractivity contribution is 5.91. The number of ketones is 1. The van der Waals surface area contributed by atoms with Gasteiger partial charge in [-0.05, 0) is 6.07 Å². The Morgan fingerprint density at radius 3 is 2.56 bits per heavy atom. The third-order valence-electron chi connectivity index (χ3n) is 0.920. The van der Waals surface area contributed by atoms with Crippen molar-refractivity contribution in [1.29, 1.82) is 0 Å². The third kappa shape index (κ3) is 1.16. The number of furan rings is 1. The van der Waals surface area contributed by atoms with Gasteiger partial charge in [0.25, 0.3) is 6.01 Å². The molecule has 0 aliphatic carbocycles. The fourth-order valence-electron chi connectivity index (χ4n) is 0.504. The first-order valence-electron chi connectivity index (χ1n) is 2.46. The van der Waals surface area contributed by atoms with Gasteiger partial charge in [0.15, 0.2) is 11.5 Å². The second kappa shape index (κ2) is 2.01. The molecule has 1 heterocycles. The van der Waals surface area contributed by atoms with Gasteiger partial charge in [-0.3, -0.25) is 4.79 Å². The molecule has 1 aromatic rings. The average molecular weight is 128 g/mol. The highest BCUT2D eigenvalue weighted by Crippen LogP contribution is 2.05. The van der Waals surface area contributed by atoms with E-state index in [1.807, 2.05) is 0 Å². The van der Waals surface area contributed by atoms with Crippen LogP contribution in [0.5, 0.6) is 0 Å². The van der Waals surface area contributed by atoms with Crippen LogP contribution < -0.4 is 0 Å². The summed E-state index contributed by atoms with van der Waals surface area (Å²) in [5, 5.41) is 0. The molecule has 0 bridgehead atoms. The van der Waals surface area contributed by atoms with Crippen LogP contribution in [0.25, 0.3) is 0 Å². The van der Waals surface area contributed by atoms with Crippen molar-refractivity contribution in [3.8, 4) is 0 Å². The molecule has 0 spiro atoms. The van der Waals surface area contributed by atoms with Crippen LogP contribution in [0.4, 0.5) is 4.39 Å². The lowest BCUT2D eigenvalue weighted by Crippen LogP contribution is -1.85. The van der Waals surface area contributed by atoms with Crippen molar-refractivity contribution in [2.75, 3.05) is 0 Å². The van der Waals surface area contributed by atoms with Crippen LogP contribution in [-0.4, -0.2) is 5.78 Å². The van der Waals surface area contributed by atoms with Gasteiger partial charge in [0.1, 0.15) is 0 Å². The van der Waals surface area contributed by atoms with Crippen molar-refractivity contribution in [3.63, 3.8) is 0 Å². The van der Waals surface area contributed by atoms with E-state index in [-0.39, 0.29) is 11.5 Å². The number of hydrogen-bond acceptors (Lipinski definition) is 2. The monoisotopic (exact) mass is 128 g/mol. The molecule has 0 saturated heterocycles. The predicted octanol–water partition coefficient (Wildman–Crippen LogP) is 1.62. The lowest BCUT2D eigenvalue weighted by atomic mass is 10.3. The van der Waals surface area contributed by atoms with Gasteiger partial charge in [-0.15, -0.1) is 0 Å². The molecule has 2 nitrogen and oxygen atoms in total.